The summed E-state index contributed by atoms with van der Waals surface area (Å²) in [6, 6.07) is 12.8. The third kappa shape index (κ3) is 9.00. The van der Waals surface area contributed by atoms with Crippen molar-refractivity contribution in [1.82, 2.24) is 9.80 Å². The molecule has 2 heterocycles. The summed E-state index contributed by atoms with van der Waals surface area (Å²) in [6.07, 6.45) is 4.63. The lowest BCUT2D eigenvalue weighted by atomic mass is 9.82. The van der Waals surface area contributed by atoms with Gasteiger partial charge in [-0.25, -0.2) is 0 Å². The van der Waals surface area contributed by atoms with E-state index in [-0.39, 0.29) is 38.4 Å². The van der Waals surface area contributed by atoms with Crippen molar-refractivity contribution in [1.29, 1.82) is 0 Å². The summed E-state index contributed by atoms with van der Waals surface area (Å²) >= 11 is 0. The zero-order chi connectivity index (χ0) is 32.2. The van der Waals surface area contributed by atoms with E-state index >= 15 is 0 Å². The number of nitrogens with zero attached hydrogens (tertiary/aromatic N) is 3. The Morgan fingerprint density at radius 2 is 1.62 bits per heavy atom. The molecule has 0 aromatic heterocycles. The van der Waals surface area contributed by atoms with Crippen LogP contribution < -0.4 is 14.2 Å². The van der Waals surface area contributed by atoms with Crippen LogP contribution in [0.25, 0.3) is 0 Å². The van der Waals surface area contributed by atoms with Gasteiger partial charge >= 0.3 is 5.97 Å². The van der Waals surface area contributed by atoms with Gasteiger partial charge < -0.3 is 28.7 Å². The van der Waals surface area contributed by atoms with E-state index in [1.165, 1.54) is 0 Å². The van der Waals surface area contributed by atoms with E-state index in [0.717, 1.165) is 36.8 Å². The number of benzene rings is 2. The molecule has 3 unspecified atom stereocenters. The average Bonchev–Trinajstić information content (AvgIpc) is 3.67. The number of likely N-dealkylation sites (tertiary alicyclic amines) is 1. The molecule has 246 valence electrons. The molecule has 0 bridgehead atoms. The van der Waals surface area contributed by atoms with Crippen LogP contribution in [0.3, 0.4) is 0 Å². The van der Waals surface area contributed by atoms with Crippen LogP contribution in [0.5, 0.6) is 17.2 Å². The summed E-state index contributed by atoms with van der Waals surface area (Å²) in [5, 5.41) is 9.63. The van der Waals surface area contributed by atoms with Crippen molar-refractivity contribution in [2.75, 3.05) is 53.3 Å². The van der Waals surface area contributed by atoms with Crippen LogP contribution in [-0.4, -0.2) is 80.1 Å². The molecular formula is C33H45N3O9. The van der Waals surface area contributed by atoms with E-state index in [1.807, 2.05) is 47.4 Å². The Labute approximate surface area is 264 Å². The largest absolute Gasteiger partial charge is 0.497 e. The van der Waals surface area contributed by atoms with Crippen molar-refractivity contribution >= 4 is 11.9 Å². The van der Waals surface area contributed by atoms with Crippen molar-refractivity contribution in [3.8, 4) is 17.2 Å². The van der Waals surface area contributed by atoms with Gasteiger partial charge in [0.1, 0.15) is 5.75 Å². The number of carbonyl (C=O) groups is 2. The highest BCUT2D eigenvalue weighted by Gasteiger charge is 2.49. The first-order valence-electron chi connectivity index (χ1n) is 15.9. The molecule has 3 atom stereocenters. The van der Waals surface area contributed by atoms with E-state index in [2.05, 4.69) is 23.6 Å². The average molecular weight is 628 g/mol. The molecule has 4 rings (SSSR count). The molecule has 2 aliphatic rings. The molecule has 1 saturated heterocycles. The van der Waals surface area contributed by atoms with Gasteiger partial charge in [0.15, 0.2) is 11.5 Å². The second kappa shape index (κ2) is 16.9. The quantitative estimate of drug-likeness (QED) is 0.0948. The topological polar surface area (TPSA) is 130 Å². The molecule has 0 N–H and O–H groups in total. The molecule has 1 fully saturated rings. The van der Waals surface area contributed by atoms with Crippen molar-refractivity contribution in [3.63, 3.8) is 0 Å². The lowest BCUT2D eigenvalue weighted by Crippen LogP contribution is -2.42. The molecule has 2 aliphatic heterocycles. The number of amides is 1. The summed E-state index contributed by atoms with van der Waals surface area (Å²) in [5.41, 5.74) is 1.77. The van der Waals surface area contributed by atoms with Crippen molar-refractivity contribution in [3.05, 3.63) is 63.7 Å². The van der Waals surface area contributed by atoms with Crippen LogP contribution in [0.1, 0.15) is 75.5 Å². The number of unbranched alkanes of at least 4 members (excludes halogenated alkanes) is 3. The predicted molar refractivity (Wildman–Crippen MR) is 166 cm³/mol. The molecule has 0 saturated carbocycles. The van der Waals surface area contributed by atoms with E-state index in [9.17, 15) is 19.7 Å². The first kappa shape index (κ1) is 33.8. The standard InChI is InChI=1S/C33H45N3O9/c1-4-6-16-34(17-7-5-2)30(37)22-35-21-27(25-12-15-28-29(20-25)44-23-43-28)31(32(35)24-10-13-26(41-3)14-11-24)33(38)42-18-8-9-19-45-36(39)40/h10-15,20,27,31-32H,4-9,16-19,21-23H2,1-3H3. The number of methoxy groups -OCH3 is 1. The molecule has 45 heavy (non-hydrogen) atoms. The molecule has 0 aliphatic carbocycles. The van der Waals surface area contributed by atoms with Gasteiger partial charge in [-0.15, -0.1) is 10.1 Å². The Morgan fingerprint density at radius 3 is 2.29 bits per heavy atom. The molecule has 12 nitrogen and oxygen atoms in total. The maximum atomic E-state index is 14.0. The highest BCUT2D eigenvalue weighted by Crippen LogP contribution is 2.48. The first-order valence-corrected chi connectivity index (χ1v) is 15.9. The summed E-state index contributed by atoms with van der Waals surface area (Å²) < 4.78 is 22.4. The Kier molecular flexibility index (Phi) is 12.7. The monoisotopic (exact) mass is 627 g/mol. The number of hydrogen-bond donors (Lipinski definition) is 0. The van der Waals surface area contributed by atoms with Crippen LogP contribution in [0, 0.1) is 16.0 Å². The van der Waals surface area contributed by atoms with Crippen LogP contribution in [0.15, 0.2) is 42.5 Å². The molecule has 2 aromatic rings. The van der Waals surface area contributed by atoms with Gasteiger partial charge in [-0.1, -0.05) is 44.9 Å². The first-order chi connectivity index (χ1) is 21.9. The zero-order valence-electron chi connectivity index (χ0n) is 26.5. The van der Waals surface area contributed by atoms with E-state index in [4.69, 9.17) is 18.9 Å². The third-order valence-electron chi connectivity index (χ3n) is 8.39. The second-order valence-corrected chi connectivity index (χ2v) is 11.4. The number of hydrogen-bond acceptors (Lipinski definition) is 10. The fraction of sp³-hybridized carbons (Fsp3) is 0.576. The Bertz CT molecular complexity index is 1260. The molecule has 12 heteroatoms. The fourth-order valence-corrected chi connectivity index (χ4v) is 6.00. The van der Waals surface area contributed by atoms with Gasteiger partial charge in [0, 0.05) is 31.6 Å². The van der Waals surface area contributed by atoms with Gasteiger partial charge in [-0.3, -0.25) is 14.5 Å². The predicted octanol–water partition coefficient (Wildman–Crippen LogP) is 5.14. The number of fused-ring (bicyclic) bond motifs is 1. The molecule has 1 amide bonds. The van der Waals surface area contributed by atoms with Crippen molar-refractivity contribution < 1.29 is 38.5 Å². The molecular weight excluding hydrogens is 582 g/mol. The summed E-state index contributed by atoms with van der Waals surface area (Å²) in [7, 11) is 1.60. The maximum absolute atomic E-state index is 14.0. The number of carbonyl (C=O) groups excluding carboxylic acids is 2. The Morgan fingerprint density at radius 1 is 0.956 bits per heavy atom. The van der Waals surface area contributed by atoms with E-state index in [1.54, 1.807) is 7.11 Å². The summed E-state index contributed by atoms with van der Waals surface area (Å²) in [5.74, 6) is 0.663. The van der Waals surface area contributed by atoms with E-state index < -0.39 is 23.0 Å². The zero-order valence-corrected chi connectivity index (χ0v) is 26.5. The Balaban J connectivity index is 1.65. The van der Waals surface area contributed by atoms with Crippen LogP contribution in [-0.2, 0) is 19.2 Å². The molecule has 0 radical (unpaired) electrons. The van der Waals surface area contributed by atoms with Gasteiger partial charge in [0.25, 0.3) is 5.09 Å². The highest BCUT2D eigenvalue weighted by atomic mass is 16.9. The number of esters is 1. The fourth-order valence-electron chi connectivity index (χ4n) is 6.00. The normalized spacial score (nSPS) is 18.9. The van der Waals surface area contributed by atoms with Crippen LogP contribution in [0.2, 0.25) is 0 Å². The lowest BCUT2D eigenvalue weighted by Gasteiger charge is -2.30. The van der Waals surface area contributed by atoms with Crippen molar-refractivity contribution in [2.24, 2.45) is 5.92 Å². The number of ether oxygens (including phenoxy) is 4. The smallest absolute Gasteiger partial charge is 0.311 e. The summed E-state index contributed by atoms with van der Waals surface area (Å²) in [6.45, 7) is 6.41. The van der Waals surface area contributed by atoms with Crippen LogP contribution in [0.4, 0.5) is 0 Å². The van der Waals surface area contributed by atoms with Gasteiger partial charge in [-0.05, 0) is 61.1 Å². The molecule has 2 aromatic carbocycles. The van der Waals surface area contributed by atoms with Crippen LogP contribution >= 0.6 is 0 Å². The SMILES string of the molecule is CCCCN(CCCC)C(=O)CN1CC(c2ccc3c(c2)OCO3)C(C(=O)OCCCCO[N+](=O)[O-])C1c1ccc(OC)cc1. The van der Waals surface area contributed by atoms with Gasteiger partial charge in [-0.2, -0.15) is 0 Å². The van der Waals surface area contributed by atoms with Crippen molar-refractivity contribution in [2.45, 2.75) is 64.3 Å². The molecule has 0 spiro atoms. The van der Waals surface area contributed by atoms with E-state index in [0.29, 0.717) is 49.7 Å². The maximum Gasteiger partial charge on any atom is 0.311 e. The minimum atomic E-state index is -0.832. The second-order valence-electron chi connectivity index (χ2n) is 11.4. The third-order valence-corrected chi connectivity index (χ3v) is 8.39. The number of rotatable bonds is 18. The highest BCUT2D eigenvalue weighted by molar-refractivity contribution is 5.80. The van der Waals surface area contributed by atoms with Gasteiger partial charge in [0.2, 0.25) is 12.7 Å². The summed E-state index contributed by atoms with van der Waals surface area (Å²) in [4.78, 5) is 46.7. The minimum absolute atomic E-state index is 0.0413. The minimum Gasteiger partial charge on any atom is -0.497 e. The Hall–Kier alpha value is -4.06. The van der Waals surface area contributed by atoms with Gasteiger partial charge in [0.05, 0.1) is 32.8 Å². The lowest BCUT2D eigenvalue weighted by molar-refractivity contribution is -0.757.